The summed E-state index contributed by atoms with van der Waals surface area (Å²) in [5.41, 5.74) is 2.23. The molecule has 0 fully saturated rings. The number of aliphatic carboxylic acids is 1. The van der Waals surface area contributed by atoms with Crippen LogP contribution in [0, 0.1) is 5.92 Å². The van der Waals surface area contributed by atoms with Gasteiger partial charge in [0.2, 0.25) is 5.91 Å². The predicted molar refractivity (Wildman–Crippen MR) is 84.0 cm³/mol. The molecule has 114 valence electrons. The zero-order valence-electron chi connectivity index (χ0n) is 12.8. The summed E-state index contributed by atoms with van der Waals surface area (Å²) in [6.07, 6.45) is 3.28. The second-order valence-electron chi connectivity index (χ2n) is 5.60. The molecule has 1 rings (SSSR count). The summed E-state index contributed by atoms with van der Waals surface area (Å²) in [7, 11) is 0. The minimum atomic E-state index is -0.850. The number of nitrogens with one attached hydrogen (secondary N) is 1. The first-order valence-electron chi connectivity index (χ1n) is 7.16. The van der Waals surface area contributed by atoms with Crippen molar-refractivity contribution in [2.24, 2.45) is 5.92 Å². The van der Waals surface area contributed by atoms with Gasteiger partial charge in [0.25, 0.3) is 0 Å². The molecule has 4 nitrogen and oxygen atoms in total. The van der Waals surface area contributed by atoms with Crippen LogP contribution in [0.3, 0.4) is 0 Å². The molecular weight excluding hydrogens is 266 g/mol. The van der Waals surface area contributed by atoms with Crippen molar-refractivity contribution < 1.29 is 14.7 Å². The molecule has 1 amide bonds. The fourth-order valence-electron chi connectivity index (χ4n) is 1.87. The van der Waals surface area contributed by atoms with Gasteiger partial charge in [-0.15, -0.1) is 0 Å². The Morgan fingerprint density at radius 1 is 1.19 bits per heavy atom. The van der Waals surface area contributed by atoms with Crippen LogP contribution in [0.5, 0.6) is 0 Å². The van der Waals surface area contributed by atoms with Gasteiger partial charge in [-0.3, -0.25) is 9.59 Å². The highest BCUT2D eigenvalue weighted by molar-refractivity contribution is 5.91. The third kappa shape index (κ3) is 6.75. The minimum absolute atomic E-state index is 0.0562. The molecule has 1 atom stereocenters. The van der Waals surface area contributed by atoms with Gasteiger partial charge in [-0.1, -0.05) is 45.0 Å². The van der Waals surface area contributed by atoms with Crippen LogP contribution in [0.4, 0.5) is 0 Å². The van der Waals surface area contributed by atoms with Crippen LogP contribution in [-0.2, 0) is 9.59 Å². The van der Waals surface area contributed by atoms with Crippen LogP contribution < -0.4 is 5.32 Å². The molecule has 0 aliphatic rings. The van der Waals surface area contributed by atoms with Gasteiger partial charge in [-0.2, -0.15) is 0 Å². The average molecular weight is 289 g/mol. The largest absolute Gasteiger partial charge is 0.481 e. The molecule has 0 heterocycles. The standard InChI is InChI=1S/C17H23NO3/c1-12(2)15-7-4-14(5-8-15)6-9-16(19)18-11-13(3)10-17(20)21/h4-9,12-13H,10-11H2,1-3H3,(H,18,19)(H,20,21)/b9-6+. The summed E-state index contributed by atoms with van der Waals surface area (Å²) in [6, 6.07) is 8.06. The Labute approximate surface area is 125 Å². The Hall–Kier alpha value is -2.10. The number of rotatable bonds is 7. The maximum absolute atomic E-state index is 11.6. The highest BCUT2D eigenvalue weighted by Crippen LogP contribution is 2.15. The summed E-state index contributed by atoms with van der Waals surface area (Å²) in [5.74, 6) is -0.648. The van der Waals surface area contributed by atoms with E-state index in [-0.39, 0.29) is 18.2 Å². The van der Waals surface area contributed by atoms with Crippen LogP contribution in [0.1, 0.15) is 44.2 Å². The second-order valence-corrected chi connectivity index (χ2v) is 5.60. The highest BCUT2D eigenvalue weighted by atomic mass is 16.4. The highest BCUT2D eigenvalue weighted by Gasteiger charge is 2.08. The molecule has 1 aromatic carbocycles. The van der Waals surface area contributed by atoms with Gasteiger partial charge >= 0.3 is 5.97 Å². The molecule has 0 saturated carbocycles. The first kappa shape index (κ1) is 17.0. The third-order valence-corrected chi connectivity index (χ3v) is 3.18. The lowest BCUT2D eigenvalue weighted by atomic mass is 10.0. The van der Waals surface area contributed by atoms with Crippen molar-refractivity contribution in [1.82, 2.24) is 5.32 Å². The van der Waals surface area contributed by atoms with Gasteiger partial charge in [0.1, 0.15) is 0 Å². The van der Waals surface area contributed by atoms with Gasteiger partial charge in [0.15, 0.2) is 0 Å². The fourth-order valence-corrected chi connectivity index (χ4v) is 1.87. The van der Waals surface area contributed by atoms with E-state index in [1.165, 1.54) is 11.6 Å². The second kappa shape index (κ2) is 8.25. The SMILES string of the molecule is CC(CNC(=O)/C=C/c1ccc(C(C)C)cc1)CC(=O)O. The lowest BCUT2D eigenvalue weighted by molar-refractivity contribution is -0.138. The van der Waals surface area contributed by atoms with Crippen LogP contribution >= 0.6 is 0 Å². The van der Waals surface area contributed by atoms with Crippen molar-refractivity contribution in [2.75, 3.05) is 6.54 Å². The van der Waals surface area contributed by atoms with Crippen LogP contribution in [0.25, 0.3) is 6.08 Å². The molecule has 0 spiro atoms. The number of carbonyl (C=O) groups excluding carboxylic acids is 1. The van der Waals surface area contributed by atoms with Gasteiger partial charge in [0.05, 0.1) is 0 Å². The number of carbonyl (C=O) groups is 2. The van der Waals surface area contributed by atoms with E-state index in [4.69, 9.17) is 5.11 Å². The van der Waals surface area contributed by atoms with E-state index >= 15 is 0 Å². The van der Waals surface area contributed by atoms with Crippen molar-refractivity contribution in [3.05, 3.63) is 41.5 Å². The molecule has 0 aliphatic carbocycles. The minimum Gasteiger partial charge on any atom is -0.481 e. The van der Waals surface area contributed by atoms with E-state index in [2.05, 4.69) is 31.3 Å². The smallest absolute Gasteiger partial charge is 0.303 e. The Morgan fingerprint density at radius 2 is 1.81 bits per heavy atom. The molecule has 0 radical (unpaired) electrons. The zero-order chi connectivity index (χ0) is 15.8. The Morgan fingerprint density at radius 3 is 2.33 bits per heavy atom. The number of carboxylic acids is 1. The lowest BCUT2D eigenvalue weighted by Gasteiger charge is -2.08. The number of hydrogen-bond donors (Lipinski definition) is 2. The molecule has 4 heteroatoms. The van der Waals surface area contributed by atoms with E-state index < -0.39 is 5.97 Å². The molecule has 0 aliphatic heterocycles. The first-order chi connectivity index (χ1) is 9.88. The summed E-state index contributed by atoms with van der Waals surface area (Å²) in [5, 5.41) is 11.3. The maximum Gasteiger partial charge on any atom is 0.303 e. The van der Waals surface area contributed by atoms with Crippen molar-refractivity contribution in [3.8, 4) is 0 Å². The Kier molecular flexibility index (Phi) is 6.66. The molecule has 0 aromatic heterocycles. The Bertz CT molecular complexity index is 503. The molecule has 21 heavy (non-hydrogen) atoms. The number of amides is 1. The molecule has 0 saturated heterocycles. The first-order valence-corrected chi connectivity index (χ1v) is 7.16. The van der Waals surface area contributed by atoms with E-state index in [0.29, 0.717) is 12.5 Å². The molecule has 0 bridgehead atoms. The van der Waals surface area contributed by atoms with Gasteiger partial charge in [0, 0.05) is 19.0 Å². The van der Waals surface area contributed by atoms with Gasteiger partial charge in [-0.05, 0) is 29.0 Å². The quantitative estimate of drug-likeness (QED) is 0.758. The summed E-state index contributed by atoms with van der Waals surface area (Å²) >= 11 is 0. The monoisotopic (exact) mass is 289 g/mol. The third-order valence-electron chi connectivity index (χ3n) is 3.18. The molecule has 2 N–H and O–H groups in total. The Balaban J connectivity index is 2.45. The van der Waals surface area contributed by atoms with E-state index in [1.807, 2.05) is 12.1 Å². The van der Waals surface area contributed by atoms with Crippen LogP contribution in [0.15, 0.2) is 30.3 Å². The number of benzene rings is 1. The molecular formula is C17H23NO3. The van der Waals surface area contributed by atoms with E-state index in [9.17, 15) is 9.59 Å². The zero-order valence-corrected chi connectivity index (χ0v) is 12.8. The average Bonchev–Trinajstić information content (AvgIpc) is 2.42. The molecule has 1 aromatic rings. The van der Waals surface area contributed by atoms with Gasteiger partial charge < -0.3 is 10.4 Å². The van der Waals surface area contributed by atoms with Crippen LogP contribution in [0.2, 0.25) is 0 Å². The summed E-state index contributed by atoms with van der Waals surface area (Å²) in [4.78, 5) is 22.2. The maximum atomic E-state index is 11.6. The van der Waals surface area contributed by atoms with Crippen molar-refractivity contribution in [2.45, 2.75) is 33.1 Å². The lowest BCUT2D eigenvalue weighted by Crippen LogP contribution is -2.27. The van der Waals surface area contributed by atoms with Gasteiger partial charge in [-0.25, -0.2) is 0 Å². The number of carboxylic acid groups (broad SMARTS) is 1. The molecule has 1 unspecified atom stereocenters. The fraction of sp³-hybridized carbons (Fsp3) is 0.412. The summed E-state index contributed by atoms with van der Waals surface area (Å²) in [6.45, 7) is 6.43. The number of hydrogen-bond acceptors (Lipinski definition) is 2. The van der Waals surface area contributed by atoms with E-state index in [1.54, 1.807) is 13.0 Å². The van der Waals surface area contributed by atoms with Crippen molar-refractivity contribution in [3.63, 3.8) is 0 Å². The van der Waals surface area contributed by atoms with Crippen LogP contribution in [-0.4, -0.2) is 23.5 Å². The van der Waals surface area contributed by atoms with Crippen molar-refractivity contribution >= 4 is 18.0 Å². The topological polar surface area (TPSA) is 66.4 Å². The van der Waals surface area contributed by atoms with Crippen molar-refractivity contribution in [1.29, 1.82) is 0 Å². The van der Waals surface area contributed by atoms with E-state index in [0.717, 1.165) is 5.56 Å². The summed E-state index contributed by atoms with van der Waals surface area (Å²) < 4.78 is 0. The predicted octanol–water partition coefficient (Wildman–Crippen LogP) is 3.05. The normalized spacial score (nSPS) is 12.6.